The molecule has 0 saturated carbocycles. The third-order valence-corrected chi connectivity index (χ3v) is 2.39. The molecular weight excluding hydrogens is 236 g/mol. The molecule has 5 heteroatoms. The van der Waals surface area contributed by atoms with Gasteiger partial charge in [0.1, 0.15) is 11.3 Å². The van der Waals surface area contributed by atoms with Crippen LogP contribution < -0.4 is 0 Å². The first-order valence-electron chi connectivity index (χ1n) is 5.67. The van der Waals surface area contributed by atoms with E-state index < -0.39 is 18.0 Å². The van der Waals surface area contributed by atoms with Crippen LogP contribution in [-0.2, 0) is 14.3 Å². The lowest BCUT2D eigenvalue weighted by Gasteiger charge is -2.15. The smallest absolute Gasteiger partial charge is 0.347 e. The van der Waals surface area contributed by atoms with Gasteiger partial charge in [0.25, 0.3) is 0 Å². The summed E-state index contributed by atoms with van der Waals surface area (Å²) in [6, 6.07) is 6.00. The molecule has 1 rings (SSSR count). The molecule has 0 heterocycles. The molecule has 0 aliphatic rings. The summed E-state index contributed by atoms with van der Waals surface area (Å²) in [4.78, 5) is 23.2. The average molecular weight is 252 g/mol. The van der Waals surface area contributed by atoms with Gasteiger partial charge in [0, 0.05) is 0 Å². The number of para-hydroxylation sites is 1. The van der Waals surface area contributed by atoms with Crippen molar-refractivity contribution in [2.24, 2.45) is 0 Å². The number of ether oxygens (including phenoxy) is 2. The van der Waals surface area contributed by atoms with Gasteiger partial charge in [-0.2, -0.15) is 0 Å². The van der Waals surface area contributed by atoms with Gasteiger partial charge >= 0.3 is 11.9 Å². The van der Waals surface area contributed by atoms with Crippen molar-refractivity contribution in [1.82, 2.24) is 0 Å². The Morgan fingerprint density at radius 2 is 2.00 bits per heavy atom. The minimum absolute atomic E-state index is 0.0301. The Bertz CT molecular complexity index is 427. The van der Waals surface area contributed by atoms with Gasteiger partial charge in [-0.25, -0.2) is 9.59 Å². The summed E-state index contributed by atoms with van der Waals surface area (Å²) < 4.78 is 9.59. The molecule has 1 N–H and O–H groups in total. The molecule has 0 aliphatic heterocycles. The van der Waals surface area contributed by atoms with Crippen LogP contribution in [-0.4, -0.2) is 30.3 Å². The number of esters is 2. The van der Waals surface area contributed by atoms with Crippen molar-refractivity contribution in [3.05, 3.63) is 29.8 Å². The zero-order valence-corrected chi connectivity index (χ0v) is 10.4. The number of carbonyl (C=O) groups is 2. The Balaban J connectivity index is 2.79. The summed E-state index contributed by atoms with van der Waals surface area (Å²) in [5.74, 6) is -1.51. The Labute approximate surface area is 105 Å². The fraction of sp³-hybridized carbons (Fsp3) is 0.385. The molecule has 18 heavy (non-hydrogen) atoms. The van der Waals surface area contributed by atoms with Crippen LogP contribution in [0.25, 0.3) is 0 Å². The van der Waals surface area contributed by atoms with Crippen molar-refractivity contribution < 1.29 is 24.2 Å². The molecule has 0 radical (unpaired) electrons. The first kappa shape index (κ1) is 14.0. The third-order valence-electron chi connectivity index (χ3n) is 2.39. The van der Waals surface area contributed by atoms with E-state index in [1.165, 1.54) is 19.2 Å². The van der Waals surface area contributed by atoms with Crippen molar-refractivity contribution in [2.45, 2.75) is 25.9 Å². The van der Waals surface area contributed by atoms with Gasteiger partial charge in [0.15, 0.2) is 6.10 Å². The number of carbonyl (C=O) groups excluding carboxylic acids is 2. The molecule has 0 bridgehead atoms. The number of aromatic hydroxyl groups is 1. The SMILES string of the molecule is CCCC(OC(=O)c1ccccc1O)C(=O)OC. The number of benzene rings is 1. The van der Waals surface area contributed by atoms with E-state index in [1.54, 1.807) is 12.1 Å². The lowest BCUT2D eigenvalue weighted by atomic mass is 10.2. The number of hydrogen-bond acceptors (Lipinski definition) is 5. The highest BCUT2D eigenvalue weighted by molar-refractivity contribution is 5.93. The number of phenols is 1. The van der Waals surface area contributed by atoms with Gasteiger partial charge in [-0.3, -0.25) is 0 Å². The maximum atomic E-state index is 11.8. The summed E-state index contributed by atoms with van der Waals surface area (Å²) in [6.45, 7) is 1.86. The van der Waals surface area contributed by atoms with Crippen LogP contribution in [0.4, 0.5) is 0 Å². The van der Waals surface area contributed by atoms with Crippen molar-refractivity contribution in [3.8, 4) is 5.75 Å². The van der Waals surface area contributed by atoms with Gasteiger partial charge in [-0.05, 0) is 18.6 Å². The summed E-state index contributed by atoms with van der Waals surface area (Å²) in [5, 5.41) is 9.50. The van der Waals surface area contributed by atoms with E-state index in [0.717, 1.165) is 0 Å². The Kier molecular flexibility index (Phi) is 5.17. The molecule has 0 aromatic heterocycles. The normalized spacial score (nSPS) is 11.7. The lowest BCUT2D eigenvalue weighted by molar-refractivity contribution is -0.151. The minimum Gasteiger partial charge on any atom is -0.507 e. The predicted molar refractivity (Wildman–Crippen MR) is 64.2 cm³/mol. The van der Waals surface area contributed by atoms with Gasteiger partial charge in [0.05, 0.1) is 7.11 Å². The van der Waals surface area contributed by atoms with Gasteiger partial charge in [0.2, 0.25) is 0 Å². The van der Waals surface area contributed by atoms with Crippen LogP contribution in [0.15, 0.2) is 24.3 Å². The van der Waals surface area contributed by atoms with Crippen molar-refractivity contribution in [2.75, 3.05) is 7.11 Å². The van der Waals surface area contributed by atoms with Crippen molar-refractivity contribution >= 4 is 11.9 Å². The van der Waals surface area contributed by atoms with Crippen LogP contribution in [0, 0.1) is 0 Å². The van der Waals surface area contributed by atoms with Gasteiger partial charge in [-0.1, -0.05) is 25.5 Å². The molecule has 1 atom stereocenters. The molecular formula is C13H16O5. The molecule has 0 saturated heterocycles. The maximum absolute atomic E-state index is 11.8. The van der Waals surface area contributed by atoms with Crippen LogP contribution in [0.5, 0.6) is 5.75 Å². The highest BCUT2D eigenvalue weighted by Gasteiger charge is 2.24. The van der Waals surface area contributed by atoms with E-state index in [4.69, 9.17) is 4.74 Å². The van der Waals surface area contributed by atoms with Crippen LogP contribution in [0.3, 0.4) is 0 Å². The molecule has 1 aromatic rings. The predicted octanol–water partition coefficient (Wildman–Crippen LogP) is 1.89. The molecule has 1 unspecified atom stereocenters. The van der Waals surface area contributed by atoms with Crippen LogP contribution in [0.1, 0.15) is 30.1 Å². The summed E-state index contributed by atoms with van der Waals surface area (Å²) in [6.07, 6.45) is 0.118. The molecule has 0 amide bonds. The van der Waals surface area contributed by atoms with Crippen LogP contribution >= 0.6 is 0 Å². The Morgan fingerprint density at radius 3 is 2.56 bits per heavy atom. The minimum atomic E-state index is -0.938. The fourth-order valence-electron chi connectivity index (χ4n) is 1.46. The Hall–Kier alpha value is -2.04. The number of rotatable bonds is 5. The fourth-order valence-corrected chi connectivity index (χ4v) is 1.46. The van der Waals surface area contributed by atoms with Gasteiger partial charge < -0.3 is 14.6 Å². The average Bonchev–Trinajstić information content (AvgIpc) is 2.37. The Morgan fingerprint density at radius 1 is 1.33 bits per heavy atom. The van der Waals surface area contributed by atoms with E-state index in [1.807, 2.05) is 6.92 Å². The van der Waals surface area contributed by atoms with Crippen molar-refractivity contribution in [1.29, 1.82) is 0 Å². The zero-order valence-electron chi connectivity index (χ0n) is 10.4. The lowest BCUT2D eigenvalue weighted by Crippen LogP contribution is -2.28. The second-order valence-corrected chi connectivity index (χ2v) is 3.72. The van der Waals surface area contributed by atoms with Gasteiger partial charge in [-0.15, -0.1) is 0 Å². The van der Waals surface area contributed by atoms with E-state index >= 15 is 0 Å². The summed E-state index contributed by atoms with van der Waals surface area (Å²) in [7, 11) is 1.23. The number of phenolic OH excluding ortho intramolecular Hbond substituents is 1. The van der Waals surface area contributed by atoms with E-state index in [0.29, 0.717) is 12.8 Å². The topological polar surface area (TPSA) is 72.8 Å². The first-order valence-corrected chi connectivity index (χ1v) is 5.67. The second kappa shape index (κ2) is 6.64. The molecule has 1 aromatic carbocycles. The second-order valence-electron chi connectivity index (χ2n) is 3.72. The standard InChI is InChI=1S/C13H16O5/c1-3-6-11(13(16)17-2)18-12(15)9-7-4-5-8-10(9)14/h4-5,7-8,11,14H,3,6H2,1-2H3. The monoisotopic (exact) mass is 252 g/mol. The van der Waals surface area contributed by atoms with Crippen LogP contribution in [0.2, 0.25) is 0 Å². The zero-order chi connectivity index (χ0) is 13.5. The van der Waals surface area contributed by atoms with Crippen molar-refractivity contribution in [3.63, 3.8) is 0 Å². The maximum Gasteiger partial charge on any atom is 0.347 e. The van der Waals surface area contributed by atoms with E-state index in [2.05, 4.69) is 4.74 Å². The highest BCUT2D eigenvalue weighted by Crippen LogP contribution is 2.18. The summed E-state index contributed by atoms with van der Waals surface area (Å²) >= 11 is 0. The molecule has 0 fully saturated rings. The molecule has 0 aliphatic carbocycles. The third kappa shape index (κ3) is 3.48. The largest absolute Gasteiger partial charge is 0.507 e. The first-order chi connectivity index (χ1) is 8.60. The summed E-state index contributed by atoms with van der Waals surface area (Å²) in [5.41, 5.74) is 0.0301. The highest BCUT2D eigenvalue weighted by atomic mass is 16.6. The number of methoxy groups -OCH3 is 1. The molecule has 5 nitrogen and oxygen atoms in total. The van der Waals surface area contributed by atoms with E-state index in [-0.39, 0.29) is 11.3 Å². The quantitative estimate of drug-likeness (QED) is 0.810. The number of hydrogen-bond donors (Lipinski definition) is 1. The molecule has 98 valence electrons. The molecule has 0 spiro atoms. The van der Waals surface area contributed by atoms with E-state index in [9.17, 15) is 14.7 Å².